The Balaban J connectivity index is 1.91. The molecule has 0 saturated heterocycles. The predicted molar refractivity (Wildman–Crippen MR) is 108 cm³/mol. The van der Waals surface area contributed by atoms with Crippen LogP contribution in [0.15, 0.2) is 72.8 Å². The SMILES string of the molecule is Cc1ccc(C(=O)N2c3ccccc3C(C)(C)[C@H]2c2ccccc2O)cc1. The van der Waals surface area contributed by atoms with Crippen LogP contribution in [-0.4, -0.2) is 11.0 Å². The van der Waals surface area contributed by atoms with Crippen LogP contribution >= 0.6 is 0 Å². The van der Waals surface area contributed by atoms with Gasteiger partial charge in [0.1, 0.15) is 5.75 Å². The first-order valence-electron chi connectivity index (χ1n) is 9.19. The van der Waals surface area contributed by atoms with Crippen molar-refractivity contribution in [2.75, 3.05) is 4.90 Å². The summed E-state index contributed by atoms with van der Waals surface area (Å²) >= 11 is 0. The third-order valence-corrected chi connectivity index (χ3v) is 5.55. The van der Waals surface area contributed by atoms with Crippen molar-refractivity contribution in [1.82, 2.24) is 0 Å². The second kappa shape index (κ2) is 6.27. The number of hydrogen-bond donors (Lipinski definition) is 1. The molecule has 0 bridgehead atoms. The Labute approximate surface area is 159 Å². The molecule has 4 rings (SSSR count). The van der Waals surface area contributed by atoms with Crippen LogP contribution in [0.2, 0.25) is 0 Å². The van der Waals surface area contributed by atoms with E-state index in [4.69, 9.17) is 0 Å². The lowest BCUT2D eigenvalue weighted by Gasteiger charge is -2.34. The Morgan fingerprint density at radius 3 is 2.26 bits per heavy atom. The van der Waals surface area contributed by atoms with Crippen molar-refractivity contribution in [2.24, 2.45) is 0 Å². The molecule has 1 aliphatic heterocycles. The van der Waals surface area contributed by atoms with Gasteiger partial charge in [-0.05, 0) is 36.8 Å². The molecule has 0 radical (unpaired) electrons. The van der Waals surface area contributed by atoms with Crippen LogP contribution in [0.25, 0.3) is 0 Å². The van der Waals surface area contributed by atoms with Crippen LogP contribution < -0.4 is 4.90 Å². The molecule has 1 amide bonds. The fraction of sp³-hybridized carbons (Fsp3) is 0.208. The van der Waals surface area contributed by atoms with Gasteiger partial charge in [0.15, 0.2) is 0 Å². The fourth-order valence-corrected chi connectivity index (χ4v) is 4.15. The van der Waals surface area contributed by atoms with Gasteiger partial charge in [-0.3, -0.25) is 9.69 Å². The van der Waals surface area contributed by atoms with Crippen LogP contribution in [0.5, 0.6) is 5.75 Å². The molecule has 0 fully saturated rings. The van der Waals surface area contributed by atoms with Crippen molar-refractivity contribution < 1.29 is 9.90 Å². The van der Waals surface area contributed by atoms with Gasteiger partial charge in [0.2, 0.25) is 0 Å². The fourth-order valence-electron chi connectivity index (χ4n) is 4.15. The van der Waals surface area contributed by atoms with E-state index in [0.717, 1.165) is 22.4 Å². The molecule has 3 aromatic carbocycles. The van der Waals surface area contributed by atoms with Crippen molar-refractivity contribution >= 4 is 11.6 Å². The zero-order valence-corrected chi connectivity index (χ0v) is 15.8. The molecule has 136 valence electrons. The normalized spacial score (nSPS) is 17.6. The number of phenolic OH excluding ortho intramolecular Hbond substituents is 1. The molecule has 0 unspecified atom stereocenters. The van der Waals surface area contributed by atoms with Gasteiger partial charge in [0.05, 0.1) is 6.04 Å². The molecule has 1 atom stereocenters. The van der Waals surface area contributed by atoms with E-state index in [0.29, 0.717) is 5.56 Å². The number of nitrogens with zero attached hydrogens (tertiary/aromatic N) is 1. The number of anilines is 1. The number of carbonyl (C=O) groups is 1. The number of para-hydroxylation sites is 2. The summed E-state index contributed by atoms with van der Waals surface area (Å²) in [4.78, 5) is 15.4. The molecule has 27 heavy (non-hydrogen) atoms. The Morgan fingerprint density at radius 2 is 1.56 bits per heavy atom. The number of rotatable bonds is 2. The number of hydrogen-bond acceptors (Lipinski definition) is 2. The van der Waals surface area contributed by atoms with E-state index in [1.54, 1.807) is 12.1 Å². The smallest absolute Gasteiger partial charge is 0.258 e. The molecule has 1 heterocycles. The summed E-state index contributed by atoms with van der Waals surface area (Å²) in [5, 5.41) is 10.6. The maximum absolute atomic E-state index is 13.5. The monoisotopic (exact) mass is 357 g/mol. The molecule has 0 aromatic heterocycles. The minimum atomic E-state index is -0.338. The standard InChI is InChI=1S/C24H23NO2/c1-16-12-14-17(15-13-16)23(27)25-20-10-6-5-9-19(20)24(2,3)22(25)18-8-4-7-11-21(18)26/h4-15,22,26H,1-3H3/t22-/m1/s1. The summed E-state index contributed by atoms with van der Waals surface area (Å²) in [6, 6.07) is 22.7. The average molecular weight is 357 g/mol. The zero-order valence-electron chi connectivity index (χ0n) is 15.8. The number of fused-ring (bicyclic) bond motifs is 1. The number of aryl methyl sites for hydroxylation is 1. The second-order valence-corrected chi connectivity index (χ2v) is 7.74. The van der Waals surface area contributed by atoms with Gasteiger partial charge < -0.3 is 5.11 Å². The van der Waals surface area contributed by atoms with E-state index in [1.165, 1.54) is 0 Å². The number of carbonyl (C=O) groups excluding carboxylic acids is 1. The van der Waals surface area contributed by atoms with Crippen molar-refractivity contribution in [3.05, 3.63) is 95.1 Å². The van der Waals surface area contributed by atoms with Gasteiger partial charge >= 0.3 is 0 Å². The van der Waals surface area contributed by atoms with Gasteiger partial charge in [-0.1, -0.05) is 67.9 Å². The summed E-state index contributed by atoms with van der Waals surface area (Å²) in [6.07, 6.45) is 0. The summed E-state index contributed by atoms with van der Waals surface area (Å²) in [7, 11) is 0. The maximum Gasteiger partial charge on any atom is 0.258 e. The van der Waals surface area contributed by atoms with E-state index in [-0.39, 0.29) is 23.1 Å². The number of benzene rings is 3. The first kappa shape index (κ1) is 17.3. The van der Waals surface area contributed by atoms with Crippen molar-refractivity contribution in [1.29, 1.82) is 0 Å². The number of aromatic hydroxyl groups is 1. The van der Waals surface area contributed by atoms with E-state index < -0.39 is 0 Å². The minimum absolute atomic E-state index is 0.0544. The Hall–Kier alpha value is -3.07. The summed E-state index contributed by atoms with van der Waals surface area (Å²) in [5.74, 6) is 0.159. The summed E-state index contributed by atoms with van der Waals surface area (Å²) in [5.41, 5.74) is 4.20. The van der Waals surface area contributed by atoms with Gasteiger partial charge in [-0.2, -0.15) is 0 Å². The van der Waals surface area contributed by atoms with Gasteiger partial charge in [-0.15, -0.1) is 0 Å². The van der Waals surface area contributed by atoms with Gasteiger partial charge in [-0.25, -0.2) is 0 Å². The van der Waals surface area contributed by atoms with Crippen molar-refractivity contribution in [2.45, 2.75) is 32.2 Å². The molecular formula is C24H23NO2. The zero-order chi connectivity index (χ0) is 19.2. The molecule has 0 saturated carbocycles. The topological polar surface area (TPSA) is 40.5 Å². The largest absolute Gasteiger partial charge is 0.508 e. The Bertz CT molecular complexity index is 1000. The third-order valence-electron chi connectivity index (χ3n) is 5.55. The number of phenols is 1. The van der Waals surface area contributed by atoms with Crippen LogP contribution in [0.4, 0.5) is 5.69 Å². The first-order chi connectivity index (χ1) is 12.9. The van der Waals surface area contributed by atoms with Crippen molar-refractivity contribution in [3.8, 4) is 5.75 Å². The number of amides is 1. The molecule has 1 N–H and O–H groups in total. The molecule has 3 heteroatoms. The van der Waals surface area contributed by atoms with E-state index in [2.05, 4.69) is 19.9 Å². The maximum atomic E-state index is 13.5. The van der Waals surface area contributed by atoms with Crippen LogP contribution in [-0.2, 0) is 5.41 Å². The molecule has 3 aromatic rings. The van der Waals surface area contributed by atoms with Crippen molar-refractivity contribution in [3.63, 3.8) is 0 Å². The van der Waals surface area contributed by atoms with Crippen LogP contribution in [0, 0.1) is 6.92 Å². The lowest BCUT2D eigenvalue weighted by molar-refractivity contribution is 0.0971. The van der Waals surface area contributed by atoms with E-state index in [9.17, 15) is 9.90 Å². The van der Waals surface area contributed by atoms with E-state index >= 15 is 0 Å². The predicted octanol–water partition coefficient (Wildman–Crippen LogP) is 5.38. The molecule has 0 aliphatic carbocycles. The highest BCUT2D eigenvalue weighted by atomic mass is 16.3. The highest BCUT2D eigenvalue weighted by molar-refractivity contribution is 6.08. The highest BCUT2D eigenvalue weighted by Gasteiger charge is 2.48. The third kappa shape index (κ3) is 2.71. The molecule has 0 spiro atoms. The van der Waals surface area contributed by atoms with Crippen LogP contribution in [0.1, 0.15) is 46.9 Å². The lowest BCUT2D eigenvalue weighted by Crippen LogP contribution is -2.38. The highest BCUT2D eigenvalue weighted by Crippen LogP contribution is 2.54. The molecule has 1 aliphatic rings. The minimum Gasteiger partial charge on any atom is -0.508 e. The Kier molecular flexibility index (Phi) is 4.03. The molecule has 3 nitrogen and oxygen atoms in total. The lowest BCUT2D eigenvalue weighted by atomic mass is 9.77. The van der Waals surface area contributed by atoms with E-state index in [1.807, 2.05) is 66.4 Å². The second-order valence-electron chi connectivity index (χ2n) is 7.74. The first-order valence-corrected chi connectivity index (χ1v) is 9.19. The summed E-state index contributed by atoms with van der Waals surface area (Å²) in [6.45, 7) is 6.27. The molecular weight excluding hydrogens is 334 g/mol. The van der Waals surface area contributed by atoms with Crippen LogP contribution in [0.3, 0.4) is 0 Å². The van der Waals surface area contributed by atoms with Gasteiger partial charge in [0.25, 0.3) is 5.91 Å². The quantitative estimate of drug-likeness (QED) is 0.669. The summed E-state index contributed by atoms with van der Waals surface area (Å²) < 4.78 is 0. The Morgan fingerprint density at radius 1 is 0.926 bits per heavy atom. The van der Waals surface area contributed by atoms with Gasteiger partial charge in [0, 0.05) is 22.2 Å². The average Bonchev–Trinajstić information content (AvgIpc) is 2.90.